The molecule has 2 rings (SSSR count). The molecule has 0 fully saturated rings. The maximum absolute atomic E-state index is 12.0. The van der Waals surface area contributed by atoms with Crippen molar-refractivity contribution in [3.8, 4) is 0 Å². The zero-order chi connectivity index (χ0) is 14.9. The van der Waals surface area contributed by atoms with E-state index in [9.17, 15) is 9.59 Å². The number of benzene rings is 1. The van der Waals surface area contributed by atoms with Gasteiger partial charge in [-0.2, -0.15) is 5.10 Å². The van der Waals surface area contributed by atoms with Crippen LogP contribution in [0.4, 0.5) is 0 Å². The Hall–Kier alpha value is -2.47. The lowest BCUT2D eigenvalue weighted by atomic mass is 9.88. The highest BCUT2D eigenvalue weighted by molar-refractivity contribution is 6.24. The van der Waals surface area contributed by atoms with Gasteiger partial charge in [0.05, 0.1) is 5.71 Å². The Labute approximate surface area is 128 Å². The second-order valence-corrected chi connectivity index (χ2v) is 4.49. The van der Waals surface area contributed by atoms with Gasteiger partial charge in [-0.05, 0) is 37.6 Å². The van der Waals surface area contributed by atoms with Gasteiger partial charge in [-0.3, -0.25) is 9.59 Å². The summed E-state index contributed by atoms with van der Waals surface area (Å²) in [6, 6.07) is 4.96. The normalized spacial score (nSPS) is 14.0. The zero-order valence-electron chi connectivity index (χ0n) is 11.6. The smallest absolute Gasteiger partial charge is 0.211 e. The van der Waals surface area contributed by atoms with Crippen LogP contribution >= 0.6 is 12.4 Å². The monoisotopic (exact) mass is 306 g/mol. The molecule has 7 heteroatoms. The minimum atomic E-state index is -0.186. The predicted molar refractivity (Wildman–Crippen MR) is 84.1 cm³/mol. The van der Waals surface area contributed by atoms with Gasteiger partial charge in [-0.1, -0.05) is 6.07 Å². The molecule has 4 N–H and O–H groups in total. The van der Waals surface area contributed by atoms with Crippen molar-refractivity contribution < 1.29 is 9.59 Å². The molecule has 0 atom stereocenters. The van der Waals surface area contributed by atoms with Crippen LogP contribution < -0.4 is 11.5 Å². The highest BCUT2D eigenvalue weighted by Gasteiger charge is 2.23. The van der Waals surface area contributed by atoms with E-state index in [1.165, 1.54) is 6.08 Å². The van der Waals surface area contributed by atoms with Crippen molar-refractivity contribution in [2.75, 3.05) is 0 Å². The van der Waals surface area contributed by atoms with E-state index in [-0.39, 0.29) is 29.9 Å². The van der Waals surface area contributed by atoms with Gasteiger partial charge in [0, 0.05) is 16.7 Å². The first-order valence-corrected chi connectivity index (χ1v) is 5.95. The van der Waals surface area contributed by atoms with Crippen molar-refractivity contribution in [3.63, 3.8) is 0 Å². The van der Waals surface area contributed by atoms with E-state index in [2.05, 4.69) is 10.2 Å². The van der Waals surface area contributed by atoms with Crippen LogP contribution in [0.15, 0.2) is 40.1 Å². The van der Waals surface area contributed by atoms with Gasteiger partial charge >= 0.3 is 0 Å². The van der Waals surface area contributed by atoms with Crippen LogP contribution in [-0.2, 0) is 0 Å². The Balaban J connectivity index is 0.00000220. The number of hydrogen-bond acceptors (Lipinski definition) is 4. The molecule has 0 saturated heterocycles. The number of hydrogen-bond donors (Lipinski definition) is 2. The van der Waals surface area contributed by atoms with Crippen LogP contribution in [-0.4, -0.2) is 23.2 Å². The number of halogens is 1. The third-order valence-electron chi connectivity index (χ3n) is 2.97. The third kappa shape index (κ3) is 3.35. The summed E-state index contributed by atoms with van der Waals surface area (Å²) in [5.41, 5.74) is 12.9. The molecule has 0 heterocycles. The third-order valence-corrected chi connectivity index (χ3v) is 2.97. The molecule has 6 nitrogen and oxygen atoms in total. The number of fused-ring (bicyclic) bond motifs is 1. The second-order valence-electron chi connectivity index (χ2n) is 4.49. The Bertz CT molecular complexity index is 701. The average molecular weight is 307 g/mol. The van der Waals surface area contributed by atoms with Crippen LogP contribution in [0.3, 0.4) is 0 Å². The number of carbonyl (C=O) groups excluding carboxylic acids is 2. The molecular formula is C14H15ClN4O2. The average Bonchev–Trinajstić information content (AvgIpc) is 2.41. The maximum atomic E-state index is 12.0. The molecule has 0 bridgehead atoms. The molecule has 110 valence electrons. The van der Waals surface area contributed by atoms with Gasteiger partial charge in [-0.15, -0.1) is 17.5 Å². The standard InChI is InChI=1S/C14H14N4O2.ClH/c1-7-5-12(19)11-6-9(3-4-10(11)13(7)20)8(2)17-18-14(15)16;/h3-6H,1-2H3,(H4,15,16,18);1H/b17-8+;. The molecule has 0 aliphatic heterocycles. The number of carbonyl (C=O) groups is 2. The summed E-state index contributed by atoms with van der Waals surface area (Å²) in [7, 11) is 0. The minimum absolute atomic E-state index is 0. The molecule has 0 saturated carbocycles. The molecule has 1 aromatic carbocycles. The fourth-order valence-electron chi connectivity index (χ4n) is 1.91. The summed E-state index contributed by atoms with van der Waals surface area (Å²) in [5, 5.41) is 7.40. The van der Waals surface area contributed by atoms with Gasteiger partial charge in [0.25, 0.3) is 0 Å². The second kappa shape index (κ2) is 6.32. The molecular weight excluding hydrogens is 292 g/mol. The first-order valence-electron chi connectivity index (χ1n) is 5.95. The van der Waals surface area contributed by atoms with Crippen molar-refractivity contribution in [3.05, 3.63) is 46.5 Å². The van der Waals surface area contributed by atoms with Crippen LogP contribution in [0.25, 0.3) is 0 Å². The Morgan fingerprint density at radius 2 is 1.76 bits per heavy atom. The molecule has 0 spiro atoms. The van der Waals surface area contributed by atoms with E-state index < -0.39 is 0 Å². The van der Waals surface area contributed by atoms with Gasteiger partial charge < -0.3 is 11.5 Å². The Morgan fingerprint density at radius 3 is 2.38 bits per heavy atom. The van der Waals surface area contributed by atoms with Crippen LogP contribution in [0.5, 0.6) is 0 Å². The highest BCUT2D eigenvalue weighted by Crippen LogP contribution is 2.22. The van der Waals surface area contributed by atoms with Gasteiger partial charge in [0.2, 0.25) is 5.96 Å². The number of nitrogens with zero attached hydrogens (tertiary/aromatic N) is 2. The number of nitrogens with two attached hydrogens (primary N) is 2. The van der Waals surface area contributed by atoms with E-state index in [1.807, 2.05) is 0 Å². The Kier molecular flexibility index (Phi) is 4.99. The lowest BCUT2D eigenvalue weighted by Crippen LogP contribution is -2.22. The summed E-state index contributed by atoms with van der Waals surface area (Å²) in [5.74, 6) is -0.467. The molecule has 1 aromatic rings. The van der Waals surface area contributed by atoms with Crippen molar-refractivity contribution in [2.24, 2.45) is 21.7 Å². The predicted octanol–water partition coefficient (Wildman–Crippen LogP) is 1.43. The number of rotatable bonds is 2. The zero-order valence-corrected chi connectivity index (χ0v) is 12.4. The van der Waals surface area contributed by atoms with Gasteiger partial charge in [-0.25, -0.2) is 0 Å². The van der Waals surface area contributed by atoms with Crippen molar-refractivity contribution in [2.45, 2.75) is 13.8 Å². The summed E-state index contributed by atoms with van der Waals surface area (Å²) in [6.07, 6.45) is 1.34. The fourth-order valence-corrected chi connectivity index (χ4v) is 1.91. The Morgan fingerprint density at radius 1 is 1.10 bits per heavy atom. The fraction of sp³-hybridized carbons (Fsp3) is 0.143. The van der Waals surface area contributed by atoms with Gasteiger partial charge in [0.1, 0.15) is 0 Å². The van der Waals surface area contributed by atoms with Crippen molar-refractivity contribution >= 4 is 35.6 Å². The SMILES string of the molecule is CC1=CC(=O)c2cc(/C(C)=N/N=C(N)N)ccc2C1=O.Cl. The van der Waals surface area contributed by atoms with Crippen LogP contribution in [0.2, 0.25) is 0 Å². The summed E-state index contributed by atoms with van der Waals surface area (Å²) in [4.78, 5) is 23.9. The lowest BCUT2D eigenvalue weighted by molar-refractivity contribution is 0.0984. The number of allylic oxidation sites excluding steroid dienone is 2. The van der Waals surface area contributed by atoms with Crippen molar-refractivity contribution in [1.29, 1.82) is 0 Å². The highest BCUT2D eigenvalue weighted by atomic mass is 35.5. The lowest BCUT2D eigenvalue weighted by Gasteiger charge is -2.13. The molecule has 0 aromatic heterocycles. The minimum Gasteiger partial charge on any atom is -0.369 e. The summed E-state index contributed by atoms with van der Waals surface area (Å²) in [6.45, 7) is 3.34. The summed E-state index contributed by atoms with van der Waals surface area (Å²) < 4.78 is 0. The summed E-state index contributed by atoms with van der Waals surface area (Å²) >= 11 is 0. The van der Waals surface area contributed by atoms with E-state index in [1.54, 1.807) is 32.0 Å². The molecule has 1 aliphatic carbocycles. The molecule has 21 heavy (non-hydrogen) atoms. The molecule has 0 radical (unpaired) electrons. The quantitative estimate of drug-likeness (QED) is 0.489. The number of Topliss-reactive ketones (excluding diaryl/α,β-unsaturated/α-hetero) is 1. The van der Waals surface area contributed by atoms with E-state index >= 15 is 0 Å². The molecule has 1 aliphatic rings. The first-order chi connectivity index (χ1) is 9.40. The largest absolute Gasteiger partial charge is 0.369 e. The molecule has 0 unspecified atom stereocenters. The van der Waals surface area contributed by atoms with Crippen LogP contribution in [0.1, 0.15) is 40.1 Å². The number of guanidine groups is 1. The first kappa shape index (κ1) is 16.6. The van der Waals surface area contributed by atoms with E-state index in [4.69, 9.17) is 11.5 Å². The van der Waals surface area contributed by atoms with Crippen LogP contribution in [0, 0.1) is 0 Å². The van der Waals surface area contributed by atoms with E-state index in [0.29, 0.717) is 28.0 Å². The van der Waals surface area contributed by atoms with Crippen molar-refractivity contribution in [1.82, 2.24) is 0 Å². The molecule has 0 amide bonds. The topological polar surface area (TPSA) is 111 Å². The van der Waals surface area contributed by atoms with E-state index in [0.717, 1.165) is 0 Å². The van der Waals surface area contributed by atoms with Gasteiger partial charge in [0.15, 0.2) is 11.6 Å². The maximum Gasteiger partial charge on any atom is 0.211 e. The number of ketones is 2.